The molecule has 1 aliphatic rings. The first-order valence-electron chi connectivity index (χ1n) is 6.89. The quantitative estimate of drug-likeness (QED) is 0.896. The Kier molecular flexibility index (Phi) is 4.06. The number of halogens is 1. The van der Waals surface area contributed by atoms with E-state index in [2.05, 4.69) is 14.7 Å². The topological polar surface area (TPSA) is 95.5 Å². The molecule has 1 aromatic heterocycles. The van der Waals surface area contributed by atoms with E-state index in [9.17, 15) is 13.2 Å². The second-order valence-corrected chi connectivity index (χ2v) is 7.51. The first-order chi connectivity index (χ1) is 11.2. The van der Waals surface area contributed by atoms with Crippen LogP contribution in [0.1, 0.15) is 5.56 Å². The molecule has 0 saturated carbocycles. The molecule has 2 amide bonds. The van der Waals surface area contributed by atoms with Crippen LogP contribution in [-0.4, -0.2) is 37.7 Å². The monoisotopic (exact) mass is 367 g/mol. The number of hydrogen-bond acceptors (Lipinski definition) is 5. The summed E-state index contributed by atoms with van der Waals surface area (Å²) in [5.74, 6) is 0.284. The molecule has 0 aliphatic carbocycles. The van der Waals surface area contributed by atoms with Crippen molar-refractivity contribution >= 4 is 45.1 Å². The van der Waals surface area contributed by atoms with Crippen molar-refractivity contribution in [3.8, 4) is 0 Å². The van der Waals surface area contributed by atoms with E-state index in [1.807, 2.05) is 0 Å². The fourth-order valence-electron chi connectivity index (χ4n) is 2.37. The molecule has 126 valence electrons. The molecule has 0 fully saturated rings. The average molecular weight is 368 g/mol. The Bertz CT molecular complexity index is 918. The van der Waals surface area contributed by atoms with E-state index in [1.165, 1.54) is 11.1 Å². The zero-order chi connectivity index (χ0) is 17.5. The minimum absolute atomic E-state index is 0.0768. The zero-order valence-corrected chi connectivity index (χ0v) is 14.5. The van der Waals surface area contributed by atoms with Crippen LogP contribution in [0.25, 0.3) is 0 Å². The van der Waals surface area contributed by atoms with E-state index in [0.717, 1.165) is 6.26 Å². The Morgan fingerprint density at radius 1 is 1.33 bits per heavy atom. The van der Waals surface area contributed by atoms with Crippen LogP contribution in [0.3, 0.4) is 0 Å². The van der Waals surface area contributed by atoms with Crippen molar-refractivity contribution in [2.24, 2.45) is 0 Å². The second kappa shape index (κ2) is 5.91. The van der Waals surface area contributed by atoms with E-state index in [-0.39, 0.29) is 18.5 Å². The average Bonchev–Trinajstić information content (AvgIpc) is 2.50. The van der Waals surface area contributed by atoms with Gasteiger partial charge in [0.1, 0.15) is 5.82 Å². The molecule has 0 atom stereocenters. The maximum absolute atomic E-state index is 12.6. The molecule has 0 radical (unpaired) electrons. The van der Waals surface area contributed by atoms with E-state index in [0.29, 0.717) is 22.1 Å². The van der Waals surface area contributed by atoms with Crippen molar-refractivity contribution in [1.82, 2.24) is 9.97 Å². The standard InChI is InChI=1S/C14H14ClN5O3S/c1-19-12-9(7-16-13(17-12)18-24(2,22)23)8-20(14(19)21)11-5-3-4-10(15)6-11/h3-7H,8H2,1-2H3,(H,16,17,18). The van der Waals surface area contributed by atoms with Crippen molar-refractivity contribution < 1.29 is 13.2 Å². The molecule has 0 unspecified atom stereocenters. The summed E-state index contributed by atoms with van der Waals surface area (Å²) in [4.78, 5) is 23.6. The van der Waals surface area contributed by atoms with Crippen LogP contribution in [-0.2, 0) is 16.6 Å². The summed E-state index contributed by atoms with van der Waals surface area (Å²) in [6.07, 6.45) is 2.50. The van der Waals surface area contributed by atoms with Crippen molar-refractivity contribution in [2.45, 2.75) is 6.54 Å². The highest BCUT2D eigenvalue weighted by Gasteiger charge is 2.30. The van der Waals surface area contributed by atoms with Gasteiger partial charge in [0.25, 0.3) is 0 Å². The van der Waals surface area contributed by atoms with E-state index < -0.39 is 10.0 Å². The summed E-state index contributed by atoms with van der Waals surface area (Å²) in [7, 11) is -1.93. The number of amides is 2. The fraction of sp³-hybridized carbons (Fsp3) is 0.214. The highest BCUT2D eigenvalue weighted by atomic mass is 35.5. The van der Waals surface area contributed by atoms with Gasteiger partial charge in [0.05, 0.1) is 12.8 Å². The molecule has 0 bridgehead atoms. The number of anilines is 3. The van der Waals surface area contributed by atoms with E-state index in [4.69, 9.17) is 11.6 Å². The van der Waals surface area contributed by atoms with Gasteiger partial charge in [0, 0.05) is 29.5 Å². The van der Waals surface area contributed by atoms with Crippen molar-refractivity contribution in [1.29, 1.82) is 0 Å². The van der Waals surface area contributed by atoms with Gasteiger partial charge < -0.3 is 0 Å². The van der Waals surface area contributed by atoms with Crippen LogP contribution >= 0.6 is 11.6 Å². The van der Waals surface area contributed by atoms with Crippen LogP contribution in [0.15, 0.2) is 30.5 Å². The molecule has 0 spiro atoms. The molecular weight excluding hydrogens is 354 g/mol. The number of carbonyl (C=O) groups is 1. The number of aromatic nitrogens is 2. The highest BCUT2D eigenvalue weighted by molar-refractivity contribution is 7.91. The number of urea groups is 1. The summed E-state index contributed by atoms with van der Waals surface area (Å²) < 4.78 is 24.8. The zero-order valence-electron chi connectivity index (χ0n) is 12.9. The smallest absolute Gasteiger partial charge is 0.289 e. The number of nitrogens with zero attached hydrogens (tertiary/aromatic N) is 4. The first kappa shape index (κ1) is 16.5. The maximum atomic E-state index is 12.6. The van der Waals surface area contributed by atoms with Gasteiger partial charge in [-0.15, -0.1) is 0 Å². The van der Waals surface area contributed by atoms with Gasteiger partial charge in [-0.1, -0.05) is 17.7 Å². The van der Waals surface area contributed by atoms with Gasteiger partial charge in [0.15, 0.2) is 0 Å². The molecule has 2 heterocycles. The molecule has 1 N–H and O–H groups in total. The molecule has 1 aliphatic heterocycles. The molecule has 3 rings (SSSR count). The number of sulfonamides is 1. The summed E-state index contributed by atoms with van der Waals surface area (Å²) >= 11 is 5.99. The third-order valence-corrected chi connectivity index (χ3v) is 4.19. The SMILES string of the molecule is CN1C(=O)N(c2cccc(Cl)c2)Cc2cnc(NS(C)(=O)=O)nc21. The van der Waals surface area contributed by atoms with Crippen LogP contribution in [0.2, 0.25) is 5.02 Å². The molecule has 24 heavy (non-hydrogen) atoms. The van der Waals surface area contributed by atoms with E-state index >= 15 is 0 Å². The fourth-order valence-corrected chi connectivity index (χ4v) is 2.98. The Morgan fingerprint density at radius 3 is 2.75 bits per heavy atom. The van der Waals surface area contributed by atoms with Crippen molar-refractivity contribution in [3.05, 3.63) is 41.0 Å². The number of rotatable bonds is 3. The minimum Gasteiger partial charge on any atom is -0.289 e. The molecule has 1 aromatic carbocycles. The number of nitrogens with one attached hydrogen (secondary N) is 1. The van der Waals surface area contributed by atoms with Gasteiger partial charge >= 0.3 is 6.03 Å². The Balaban J connectivity index is 1.97. The maximum Gasteiger partial charge on any atom is 0.330 e. The molecule has 2 aromatic rings. The number of benzene rings is 1. The van der Waals surface area contributed by atoms with Crippen molar-refractivity contribution in [3.63, 3.8) is 0 Å². The van der Waals surface area contributed by atoms with Crippen LogP contribution in [0, 0.1) is 0 Å². The predicted molar refractivity (Wildman–Crippen MR) is 91.9 cm³/mol. The van der Waals surface area contributed by atoms with Gasteiger partial charge in [-0.25, -0.2) is 18.2 Å². The van der Waals surface area contributed by atoms with Crippen LogP contribution < -0.4 is 14.5 Å². The lowest BCUT2D eigenvalue weighted by molar-refractivity contribution is 0.251. The summed E-state index contributed by atoms with van der Waals surface area (Å²) in [5.41, 5.74) is 1.35. The Hall–Kier alpha value is -2.39. The number of fused-ring (bicyclic) bond motifs is 1. The van der Waals surface area contributed by atoms with Gasteiger partial charge in [-0.05, 0) is 18.2 Å². The number of carbonyl (C=O) groups excluding carboxylic acids is 1. The summed E-state index contributed by atoms with van der Waals surface area (Å²) in [6.45, 7) is 0.262. The summed E-state index contributed by atoms with van der Waals surface area (Å²) in [5, 5.41) is 0.526. The molecule has 8 nitrogen and oxygen atoms in total. The van der Waals surface area contributed by atoms with Crippen LogP contribution in [0.5, 0.6) is 0 Å². The summed E-state index contributed by atoms with van der Waals surface area (Å²) in [6, 6.07) is 6.66. The lowest BCUT2D eigenvalue weighted by Crippen LogP contribution is -2.46. The third kappa shape index (κ3) is 3.26. The van der Waals surface area contributed by atoms with E-state index in [1.54, 1.807) is 36.2 Å². The normalized spacial score (nSPS) is 14.5. The first-order valence-corrected chi connectivity index (χ1v) is 9.16. The van der Waals surface area contributed by atoms with Gasteiger partial charge in [0.2, 0.25) is 16.0 Å². The second-order valence-electron chi connectivity index (χ2n) is 5.32. The highest BCUT2D eigenvalue weighted by Crippen LogP contribution is 2.30. The molecular formula is C14H14ClN5O3S. The van der Waals surface area contributed by atoms with Gasteiger partial charge in [-0.3, -0.25) is 14.5 Å². The lowest BCUT2D eigenvalue weighted by Gasteiger charge is -2.34. The Labute approximate surface area is 144 Å². The number of hydrogen-bond donors (Lipinski definition) is 1. The largest absolute Gasteiger partial charge is 0.330 e. The van der Waals surface area contributed by atoms with Crippen molar-refractivity contribution in [2.75, 3.05) is 27.8 Å². The van der Waals surface area contributed by atoms with Gasteiger partial charge in [-0.2, -0.15) is 4.98 Å². The molecule has 10 heteroatoms. The van der Waals surface area contributed by atoms with Crippen LogP contribution in [0.4, 0.5) is 22.2 Å². The lowest BCUT2D eigenvalue weighted by atomic mass is 10.2. The third-order valence-electron chi connectivity index (χ3n) is 3.40. The predicted octanol–water partition coefficient (Wildman–Crippen LogP) is 2.08. The molecule has 0 saturated heterocycles. The Morgan fingerprint density at radius 2 is 2.08 bits per heavy atom. The minimum atomic E-state index is -3.50.